The van der Waals surface area contributed by atoms with E-state index in [1.807, 2.05) is 7.05 Å². The molecule has 0 amide bonds. The Morgan fingerprint density at radius 1 is 0.824 bits per heavy atom. The van der Waals surface area contributed by atoms with Crippen molar-refractivity contribution in [1.82, 2.24) is 0 Å². The molecule has 1 nitrogen and oxygen atoms in total. The smallest absolute Gasteiger partial charge is 0.0417 e. The van der Waals surface area contributed by atoms with Gasteiger partial charge in [-0.05, 0) is 46.8 Å². The van der Waals surface area contributed by atoms with Crippen LogP contribution >= 0.6 is 0 Å². The molecule has 0 aliphatic rings. The molecule has 0 unspecified atom stereocenters. The summed E-state index contributed by atoms with van der Waals surface area (Å²) in [7, 11) is 1.97. The number of anilines is 1. The van der Waals surface area contributed by atoms with Crippen LogP contribution in [0.15, 0.2) is 48.5 Å². The second kappa shape index (κ2) is 3.77. The molecule has 0 heterocycles. The van der Waals surface area contributed by atoms with E-state index in [-0.39, 0.29) is 0 Å². The van der Waals surface area contributed by atoms with E-state index in [0.29, 0.717) is 0 Å². The minimum atomic E-state index is 1.19. The van der Waals surface area contributed by atoms with Crippen molar-refractivity contribution in [2.75, 3.05) is 12.4 Å². The topological polar surface area (TPSA) is 12.0 Å². The normalized spacial score (nSPS) is 10.9. The molecule has 0 fully saturated rings. The second-order valence-electron chi connectivity index (χ2n) is 4.42. The van der Waals surface area contributed by atoms with Crippen molar-refractivity contribution < 1.29 is 0 Å². The maximum absolute atomic E-state index is 3.26. The van der Waals surface area contributed by atoms with Gasteiger partial charge < -0.3 is 5.32 Å². The van der Waals surface area contributed by atoms with Crippen LogP contribution in [0.3, 0.4) is 0 Å². The monoisotopic (exact) mass is 221 g/mol. The van der Waals surface area contributed by atoms with Crippen LogP contribution in [0.2, 0.25) is 0 Å². The van der Waals surface area contributed by atoms with Crippen LogP contribution in [-0.4, -0.2) is 7.05 Å². The molecule has 17 heavy (non-hydrogen) atoms. The lowest BCUT2D eigenvalue weighted by Crippen LogP contribution is -1.91. The number of hydrogen-bond donors (Lipinski definition) is 1. The van der Waals surface area contributed by atoms with E-state index < -0.39 is 0 Å². The van der Waals surface area contributed by atoms with E-state index in [1.54, 1.807) is 0 Å². The SMILES string of the molecule is CNc1ccc(C)c2cc3ccccc3cc12. The average molecular weight is 221 g/mol. The molecule has 0 aromatic heterocycles. The van der Waals surface area contributed by atoms with Gasteiger partial charge in [-0.3, -0.25) is 0 Å². The van der Waals surface area contributed by atoms with E-state index in [4.69, 9.17) is 0 Å². The van der Waals surface area contributed by atoms with Crippen molar-refractivity contribution in [2.24, 2.45) is 0 Å². The molecule has 0 saturated heterocycles. The van der Waals surface area contributed by atoms with Crippen LogP contribution in [0.25, 0.3) is 21.5 Å². The molecule has 0 aliphatic heterocycles. The number of aryl methyl sites for hydroxylation is 1. The van der Waals surface area contributed by atoms with E-state index in [0.717, 1.165) is 0 Å². The molecule has 3 aromatic carbocycles. The number of rotatable bonds is 1. The summed E-state index contributed by atoms with van der Waals surface area (Å²) in [6.07, 6.45) is 0. The zero-order chi connectivity index (χ0) is 11.8. The molecule has 0 aliphatic carbocycles. The lowest BCUT2D eigenvalue weighted by molar-refractivity contribution is 1.49. The molecule has 0 bridgehead atoms. The Balaban J connectivity index is 2.50. The summed E-state index contributed by atoms with van der Waals surface area (Å²) >= 11 is 0. The molecule has 1 heteroatoms. The summed E-state index contributed by atoms with van der Waals surface area (Å²) < 4.78 is 0. The average Bonchev–Trinajstić information content (AvgIpc) is 2.38. The summed E-state index contributed by atoms with van der Waals surface area (Å²) in [4.78, 5) is 0. The first-order chi connectivity index (χ1) is 8.29. The lowest BCUT2D eigenvalue weighted by atomic mass is 9.99. The molecule has 0 saturated carbocycles. The molecule has 3 aromatic rings. The zero-order valence-electron chi connectivity index (χ0n) is 10.1. The fourth-order valence-electron chi connectivity index (χ4n) is 2.40. The molecule has 1 N–H and O–H groups in total. The van der Waals surface area contributed by atoms with Gasteiger partial charge in [-0.2, -0.15) is 0 Å². The Labute approximate surface area is 101 Å². The van der Waals surface area contributed by atoms with Crippen molar-refractivity contribution >= 4 is 27.2 Å². The maximum Gasteiger partial charge on any atom is 0.0417 e. The van der Waals surface area contributed by atoms with Crippen LogP contribution in [0.1, 0.15) is 5.56 Å². The van der Waals surface area contributed by atoms with Crippen molar-refractivity contribution in [2.45, 2.75) is 6.92 Å². The molecular formula is C16H15N. The van der Waals surface area contributed by atoms with Gasteiger partial charge in [0, 0.05) is 18.1 Å². The number of nitrogens with one attached hydrogen (secondary N) is 1. The Bertz CT molecular complexity index is 698. The quantitative estimate of drug-likeness (QED) is 0.603. The van der Waals surface area contributed by atoms with E-state index >= 15 is 0 Å². The van der Waals surface area contributed by atoms with Gasteiger partial charge in [0.05, 0.1) is 0 Å². The summed E-state index contributed by atoms with van der Waals surface area (Å²) in [6.45, 7) is 2.16. The predicted octanol–water partition coefficient (Wildman–Crippen LogP) is 4.34. The lowest BCUT2D eigenvalue weighted by Gasteiger charge is -2.10. The number of hydrogen-bond acceptors (Lipinski definition) is 1. The minimum absolute atomic E-state index is 1.19. The third kappa shape index (κ3) is 1.55. The zero-order valence-corrected chi connectivity index (χ0v) is 10.1. The van der Waals surface area contributed by atoms with Crippen molar-refractivity contribution in [3.63, 3.8) is 0 Å². The van der Waals surface area contributed by atoms with Gasteiger partial charge in [0.15, 0.2) is 0 Å². The van der Waals surface area contributed by atoms with Gasteiger partial charge in [0.25, 0.3) is 0 Å². The molecule has 3 rings (SSSR count). The van der Waals surface area contributed by atoms with Crippen molar-refractivity contribution in [1.29, 1.82) is 0 Å². The van der Waals surface area contributed by atoms with Gasteiger partial charge in [0.1, 0.15) is 0 Å². The molecule has 0 spiro atoms. The highest BCUT2D eigenvalue weighted by Crippen LogP contribution is 2.30. The largest absolute Gasteiger partial charge is 0.388 e. The third-order valence-corrected chi connectivity index (χ3v) is 3.37. The first-order valence-corrected chi connectivity index (χ1v) is 5.89. The third-order valence-electron chi connectivity index (χ3n) is 3.37. The first-order valence-electron chi connectivity index (χ1n) is 5.89. The minimum Gasteiger partial charge on any atom is -0.388 e. The Hall–Kier alpha value is -2.02. The van der Waals surface area contributed by atoms with Crippen LogP contribution in [0, 0.1) is 6.92 Å². The summed E-state index contributed by atoms with van der Waals surface area (Å²) in [5, 5.41) is 8.48. The van der Waals surface area contributed by atoms with Crippen LogP contribution in [0.4, 0.5) is 5.69 Å². The Morgan fingerprint density at radius 3 is 2.12 bits per heavy atom. The summed E-state index contributed by atoms with van der Waals surface area (Å²) in [5.41, 5.74) is 2.51. The van der Waals surface area contributed by atoms with E-state index in [9.17, 15) is 0 Å². The highest BCUT2D eigenvalue weighted by molar-refractivity contribution is 6.04. The highest BCUT2D eigenvalue weighted by Gasteiger charge is 2.04. The maximum atomic E-state index is 3.26. The van der Waals surface area contributed by atoms with Crippen LogP contribution in [-0.2, 0) is 0 Å². The fourth-order valence-corrected chi connectivity index (χ4v) is 2.40. The van der Waals surface area contributed by atoms with Crippen molar-refractivity contribution in [3.05, 3.63) is 54.1 Å². The predicted molar refractivity (Wildman–Crippen MR) is 75.7 cm³/mol. The van der Waals surface area contributed by atoms with Crippen LogP contribution in [0.5, 0.6) is 0 Å². The second-order valence-corrected chi connectivity index (χ2v) is 4.42. The first kappa shape index (κ1) is 10.2. The van der Waals surface area contributed by atoms with Gasteiger partial charge in [-0.15, -0.1) is 0 Å². The Morgan fingerprint density at radius 2 is 1.47 bits per heavy atom. The van der Waals surface area contributed by atoms with Crippen LogP contribution < -0.4 is 5.32 Å². The van der Waals surface area contributed by atoms with Gasteiger partial charge in [0.2, 0.25) is 0 Å². The molecule has 0 atom stereocenters. The number of benzene rings is 3. The summed E-state index contributed by atoms with van der Waals surface area (Å²) in [5.74, 6) is 0. The summed E-state index contributed by atoms with van der Waals surface area (Å²) in [6, 6.07) is 17.4. The highest BCUT2D eigenvalue weighted by atomic mass is 14.8. The molecular weight excluding hydrogens is 206 g/mol. The van der Waals surface area contributed by atoms with Gasteiger partial charge in [-0.1, -0.05) is 30.3 Å². The standard InChI is InChI=1S/C16H15N/c1-11-7-8-16(17-2)15-10-13-6-4-3-5-12(13)9-14(11)15/h3-10,17H,1-2H3. The molecule has 0 radical (unpaired) electrons. The van der Waals surface area contributed by atoms with Gasteiger partial charge in [-0.25, -0.2) is 0 Å². The Kier molecular flexibility index (Phi) is 2.25. The van der Waals surface area contributed by atoms with Gasteiger partial charge >= 0.3 is 0 Å². The van der Waals surface area contributed by atoms with E-state index in [1.165, 1.54) is 32.8 Å². The van der Waals surface area contributed by atoms with E-state index in [2.05, 4.69) is 60.8 Å². The van der Waals surface area contributed by atoms with Crippen molar-refractivity contribution in [3.8, 4) is 0 Å². The number of fused-ring (bicyclic) bond motifs is 2. The molecule has 84 valence electrons. The fraction of sp³-hybridized carbons (Fsp3) is 0.125.